The third kappa shape index (κ3) is 3.29. The summed E-state index contributed by atoms with van der Waals surface area (Å²) in [4.78, 5) is 18.9. The molecule has 1 aromatic heterocycles. The maximum absolute atomic E-state index is 10.7. The Bertz CT molecular complexity index is 868. The lowest BCUT2D eigenvalue weighted by Crippen LogP contribution is -2.08. The predicted octanol–water partition coefficient (Wildman–Crippen LogP) is 4.47. The van der Waals surface area contributed by atoms with Crippen LogP contribution in [0.4, 0.5) is 11.5 Å². The van der Waals surface area contributed by atoms with E-state index in [2.05, 4.69) is 31.2 Å². The molecule has 0 bridgehead atoms. The van der Waals surface area contributed by atoms with E-state index in [-0.39, 0.29) is 11.7 Å². The molecule has 0 saturated carbocycles. The molecule has 2 aromatic carbocycles. The lowest BCUT2D eigenvalue weighted by molar-refractivity contribution is -0.384. The van der Waals surface area contributed by atoms with Gasteiger partial charge in [-0.1, -0.05) is 28.1 Å². The molecule has 6 nitrogen and oxygen atoms in total. The second-order valence-corrected chi connectivity index (χ2v) is 6.01. The van der Waals surface area contributed by atoms with Gasteiger partial charge in [-0.25, -0.2) is 9.97 Å². The van der Waals surface area contributed by atoms with Crippen molar-refractivity contribution in [3.05, 3.63) is 68.9 Å². The summed E-state index contributed by atoms with van der Waals surface area (Å²) in [5.41, 5.74) is 1.87. The van der Waals surface area contributed by atoms with Crippen LogP contribution in [0.15, 0.2) is 53.3 Å². The fourth-order valence-corrected chi connectivity index (χ4v) is 2.68. The molecule has 23 heavy (non-hydrogen) atoms. The second-order valence-electron chi connectivity index (χ2n) is 5.10. The summed E-state index contributed by atoms with van der Waals surface area (Å²) in [5.74, 6) is 0.724. The van der Waals surface area contributed by atoms with Crippen LogP contribution in [0.25, 0.3) is 10.9 Å². The Morgan fingerprint density at radius 1 is 1.17 bits per heavy atom. The van der Waals surface area contributed by atoms with Gasteiger partial charge in [0.25, 0.3) is 5.69 Å². The fourth-order valence-electron chi connectivity index (χ4n) is 2.32. The fraction of sp³-hybridized carbons (Fsp3) is 0.125. The van der Waals surface area contributed by atoms with Crippen LogP contribution in [0, 0.1) is 10.1 Å². The molecule has 0 amide bonds. The zero-order valence-corrected chi connectivity index (χ0v) is 13.8. The van der Waals surface area contributed by atoms with Gasteiger partial charge >= 0.3 is 0 Å². The maximum atomic E-state index is 10.7. The molecular weight excluding hydrogens is 360 g/mol. The molecule has 1 unspecified atom stereocenters. The molecule has 0 aliphatic rings. The van der Waals surface area contributed by atoms with Crippen LogP contribution >= 0.6 is 15.9 Å². The normalized spacial score (nSPS) is 12.1. The van der Waals surface area contributed by atoms with Gasteiger partial charge in [0.1, 0.15) is 12.1 Å². The van der Waals surface area contributed by atoms with Crippen LogP contribution in [-0.4, -0.2) is 14.9 Å². The number of hydrogen-bond donors (Lipinski definition) is 1. The van der Waals surface area contributed by atoms with E-state index in [0.717, 1.165) is 26.8 Å². The first-order valence-electron chi connectivity index (χ1n) is 6.96. The number of halogens is 1. The zero-order valence-electron chi connectivity index (χ0n) is 12.2. The molecule has 3 aromatic rings. The van der Waals surface area contributed by atoms with Gasteiger partial charge < -0.3 is 5.32 Å². The average Bonchev–Trinajstić information content (AvgIpc) is 2.55. The van der Waals surface area contributed by atoms with Crippen molar-refractivity contribution in [2.24, 2.45) is 0 Å². The van der Waals surface area contributed by atoms with Crippen molar-refractivity contribution in [3.63, 3.8) is 0 Å². The molecule has 0 saturated heterocycles. The summed E-state index contributed by atoms with van der Waals surface area (Å²) in [7, 11) is 0. The predicted molar refractivity (Wildman–Crippen MR) is 92.4 cm³/mol. The number of nitrogens with zero attached hydrogens (tertiary/aromatic N) is 3. The van der Waals surface area contributed by atoms with Crippen LogP contribution in [0.2, 0.25) is 0 Å². The summed E-state index contributed by atoms with van der Waals surface area (Å²) in [6.07, 6.45) is 1.52. The quantitative estimate of drug-likeness (QED) is 0.539. The Morgan fingerprint density at radius 2 is 1.91 bits per heavy atom. The molecule has 0 spiro atoms. The zero-order chi connectivity index (χ0) is 16.4. The topological polar surface area (TPSA) is 81.0 Å². The Hall–Kier alpha value is -2.54. The minimum absolute atomic E-state index is 0.0483. The number of non-ortho nitro benzene ring substituents is 1. The van der Waals surface area contributed by atoms with Gasteiger partial charge in [0, 0.05) is 28.0 Å². The number of nitro groups is 1. The highest BCUT2D eigenvalue weighted by Crippen LogP contribution is 2.27. The largest absolute Gasteiger partial charge is 0.363 e. The van der Waals surface area contributed by atoms with Crippen molar-refractivity contribution in [1.29, 1.82) is 0 Å². The summed E-state index contributed by atoms with van der Waals surface area (Å²) >= 11 is 3.45. The molecule has 1 heterocycles. The number of hydrogen-bond acceptors (Lipinski definition) is 5. The van der Waals surface area contributed by atoms with Crippen molar-refractivity contribution < 1.29 is 4.92 Å². The first kappa shape index (κ1) is 15.4. The lowest BCUT2D eigenvalue weighted by Gasteiger charge is -2.16. The molecule has 3 rings (SSSR count). The van der Waals surface area contributed by atoms with Crippen LogP contribution < -0.4 is 5.32 Å². The second kappa shape index (κ2) is 6.29. The van der Waals surface area contributed by atoms with Crippen LogP contribution in [0.3, 0.4) is 0 Å². The first-order valence-corrected chi connectivity index (χ1v) is 7.75. The van der Waals surface area contributed by atoms with E-state index < -0.39 is 4.92 Å². The van der Waals surface area contributed by atoms with E-state index in [1.54, 1.807) is 12.1 Å². The number of anilines is 1. The molecule has 116 valence electrons. The smallest absolute Gasteiger partial charge is 0.269 e. The maximum Gasteiger partial charge on any atom is 0.269 e. The number of benzene rings is 2. The standard InChI is InChI=1S/C16H13BrN4O2/c1-10(11-2-5-13(6-3-11)21(22)23)20-16-14-8-12(17)4-7-15(14)18-9-19-16/h2-10H,1H3,(H,18,19,20). The number of rotatable bonds is 4. The van der Waals surface area contributed by atoms with Gasteiger partial charge in [0.05, 0.1) is 10.4 Å². The minimum atomic E-state index is -0.405. The van der Waals surface area contributed by atoms with Gasteiger partial charge in [-0.3, -0.25) is 10.1 Å². The third-order valence-electron chi connectivity index (χ3n) is 3.55. The van der Waals surface area contributed by atoms with E-state index in [9.17, 15) is 10.1 Å². The molecule has 7 heteroatoms. The van der Waals surface area contributed by atoms with Crippen molar-refractivity contribution in [2.75, 3.05) is 5.32 Å². The summed E-state index contributed by atoms with van der Waals surface area (Å²) < 4.78 is 0.950. The van der Waals surface area contributed by atoms with Gasteiger partial charge in [-0.05, 0) is 30.7 Å². The Kier molecular flexibility index (Phi) is 4.20. The summed E-state index contributed by atoms with van der Waals surface area (Å²) in [6.45, 7) is 1.98. The van der Waals surface area contributed by atoms with Crippen LogP contribution in [-0.2, 0) is 0 Å². The highest BCUT2D eigenvalue weighted by atomic mass is 79.9. The van der Waals surface area contributed by atoms with Crippen LogP contribution in [0.5, 0.6) is 0 Å². The number of nitrogens with one attached hydrogen (secondary N) is 1. The Balaban J connectivity index is 1.89. The minimum Gasteiger partial charge on any atom is -0.363 e. The highest BCUT2D eigenvalue weighted by Gasteiger charge is 2.11. The molecule has 0 aliphatic carbocycles. The summed E-state index contributed by atoms with van der Waals surface area (Å²) in [5, 5.41) is 15.0. The molecule has 0 fully saturated rings. The van der Waals surface area contributed by atoms with E-state index >= 15 is 0 Å². The van der Waals surface area contributed by atoms with E-state index in [1.807, 2.05) is 25.1 Å². The molecular formula is C16H13BrN4O2. The SMILES string of the molecule is CC(Nc1ncnc2ccc(Br)cc12)c1ccc([N+](=O)[O-])cc1. The first-order chi connectivity index (χ1) is 11.0. The van der Waals surface area contributed by atoms with Gasteiger partial charge in [0.15, 0.2) is 0 Å². The van der Waals surface area contributed by atoms with Gasteiger partial charge in [0.2, 0.25) is 0 Å². The van der Waals surface area contributed by atoms with Gasteiger partial charge in [-0.2, -0.15) is 0 Å². The van der Waals surface area contributed by atoms with E-state index in [1.165, 1.54) is 18.5 Å². The van der Waals surface area contributed by atoms with Crippen molar-refractivity contribution in [1.82, 2.24) is 9.97 Å². The van der Waals surface area contributed by atoms with Crippen molar-refractivity contribution >= 4 is 38.3 Å². The van der Waals surface area contributed by atoms with Gasteiger partial charge in [-0.15, -0.1) is 0 Å². The van der Waals surface area contributed by atoms with Crippen molar-refractivity contribution in [3.8, 4) is 0 Å². The van der Waals surface area contributed by atoms with E-state index in [4.69, 9.17) is 0 Å². The number of fused-ring (bicyclic) bond motifs is 1. The average molecular weight is 373 g/mol. The molecule has 0 radical (unpaired) electrons. The Labute approximate surface area is 140 Å². The highest BCUT2D eigenvalue weighted by molar-refractivity contribution is 9.10. The Morgan fingerprint density at radius 3 is 2.61 bits per heavy atom. The van der Waals surface area contributed by atoms with Crippen molar-refractivity contribution in [2.45, 2.75) is 13.0 Å². The molecule has 1 N–H and O–H groups in total. The van der Waals surface area contributed by atoms with E-state index in [0.29, 0.717) is 0 Å². The lowest BCUT2D eigenvalue weighted by atomic mass is 10.1. The monoisotopic (exact) mass is 372 g/mol. The number of nitro benzene ring substituents is 1. The van der Waals surface area contributed by atoms with Crippen LogP contribution in [0.1, 0.15) is 18.5 Å². The summed E-state index contributed by atoms with van der Waals surface area (Å²) in [6, 6.07) is 12.3. The number of aromatic nitrogens is 2. The third-order valence-corrected chi connectivity index (χ3v) is 4.05. The molecule has 1 atom stereocenters. The molecule has 0 aliphatic heterocycles.